The molecule has 1 saturated heterocycles. The number of aliphatic hydroxyl groups is 1. The molecular formula is C22H26Br2N5O6P. The van der Waals surface area contributed by atoms with Crippen molar-refractivity contribution >= 4 is 68.0 Å². The number of ketones is 1. The van der Waals surface area contributed by atoms with Crippen molar-refractivity contribution in [3.63, 3.8) is 0 Å². The van der Waals surface area contributed by atoms with Crippen molar-refractivity contribution in [3.05, 3.63) is 42.6 Å². The molecule has 0 bridgehead atoms. The van der Waals surface area contributed by atoms with Crippen LogP contribution in [0, 0.1) is 5.92 Å². The molecule has 3 heterocycles. The zero-order chi connectivity index (χ0) is 26.3. The van der Waals surface area contributed by atoms with Crippen LogP contribution < -0.4 is 16.0 Å². The van der Waals surface area contributed by atoms with E-state index in [1.807, 2.05) is 0 Å². The topological polar surface area (TPSA) is 165 Å². The summed E-state index contributed by atoms with van der Waals surface area (Å²) in [5.41, 5.74) is 12.2. The third-order valence-electron chi connectivity index (χ3n) is 5.87. The fourth-order valence-electron chi connectivity index (χ4n) is 3.78. The van der Waals surface area contributed by atoms with Gasteiger partial charge >= 0.3 is 7.60 Å². The summed E-state index contributed by atoms with van der Waals surface area (Å²) in [5, 5.41) is 11.6. The molecule has 36 heavy (non-hydrogen) atoms. The number of para-hydroxylation sites is 1. The molecular weight excluding hydrogens is 621 g/mol. The molecule has 1 aliphatic rings. The highest BCUT2D eigenvalue weighted by atomic mass is 79.9. The van der Waals surface area contributed by atoms with Gasteiger partial charge in [0.15, 0.2) is 9.46 Å². The smallest absolute Gasteiger partial charge is 0.379 e. The van der Waals surface area contributed by atoms with Crippen LogP contribution in [0.15, 0.2) is 42.6 Å². The van der Waals surface area contributed by atoms with Gasteiger partial charge in [-0.15, -0.1) is 0 Å². The van der Waals surface area contributed by atoms with Gasteiger partial charge in [0.2, 0.25) is 5.95 Å². The lowest BCUT2D eigenvalue weighted by Crippen LogP contribution is -2.37. The molecule has 0 amide bonds. The van der Waals surface area contributed by atoms with Gasteiger partial charge in [0.05, 0.1) is 18.2 Å². The van der Waals surface area contributed by atoms with Crippen LogP contribution >= 0.6 is 39.5 Å². The maximum absolute atomic E-state index is 13.7. The summed E-state index contributed by atoms with van der Waals surface area (Å²) >= 11 is 7.01. The predicted octanol–water partition coefficient (Wildman–Crippen LogP) is 3.85. The Morgan fingerprint density at radius 1 is 1.28 bits per heavy atom. The standard InChI is InChI=1S/C22H26Br2N5O6P/c1-12(13(2)30)11-36(32,35-14-6-4-3-5-7-14)33-10-16-17(31)22(23,24)20(34-16)29-9-8-15-18(25)27-21(26)28-19(15)29/h3-9,12,16-17,20,31H,10-11H2,1-2H3,(H4,25,26,27,28)/t12-,16-,17+,20-,36?/m1/s1. The number of halogens is 2. The van der Waals surface area contributed by atoms with Gasteiger partial charge in [-0.05, 0) is 25.1 Å². The Labute approximate surface area is 224 Å². The fourth-order valence-corrected chi connectivity index (χ4v) is 7.00. The Morgan fingerprint density at radius 3 is 2.64 bits per heavy atom. The molecule has 14 heteroatoms. The van der Waals surface area contributed by atoms with E-state index >= 15 is 0 Å². The molecule has 0 radical (unpaired) electrons. The summed E-state index contributed by atoms with van der Waals surface area (Å²) in [5.74, 6) is -0.163. The van der Waals surface area contributed by atoms with E-state index in [1.54, 1.807) is 54.1 Å². The monoisotopic (exact) mass is 645 g/mol. The molecule has 194 valence electrons. The van der Waals surface area contributed by atoms with Gasteiger partial charge in [-0.2, -0.15) is 9.97 Å². The van der Waals surface area contributed by atoms with E-state index in [0.717, 1.165) is 0 Å². The molecule has 0 saturated carbocycles. The summed E-state index contributed by atoms with van der Waals surface area (Å²) in [7, 11) is -3.81. The maximum atomic E-state index is 13.7. The van der Waals surface area contributed by atoms with E-state index in [4.69, 9.17) is 25.3 Å². The number of carbonyl (C=O) groups is 1. The molecule has 1 aromatic carbocycles. The van der Waals surface area contributed by atoms with Crippen LogP contribution in [0.5, 0.6) is 5.75 Å². The van der Waals surface area contributed by atoms with Crippen molar-refractivity contribution in [2.45, 2.75) is 35.5 Å². The van der Waals surface area contributed by atoms with Gasteiger partial charge in [0, 0.05) is 12.1 Å². The predicted molar refractivity (Wildman–Crippen MR) is 142 cm³/mol. The minimum Gasteiger partial charge on any atom is -0.424 e. The summed E-state index contributed by atoms with van der Waals surface area (Å²) in [6.45, 7) is 2.80. The Balaban J connectivity index is 1.57. The average molecular weight is 647 g/mol. The molecule has 5 N–H and O–H groups in total. The summed E-state index contributed by atoms with van der Waals surface area (Å²) in [6.07, 6.45) is -1.34. The van der Waals surface area contributed by atoms with Crippen molar-refractivity contribution in [1.29, 1.82) is 0 Å². The van der Waals surface area contributed by atoms with E-state index in [9.17, 15) is 14.5 Å². The first-order chi connectivity index (χ1) is 16.9. The molecule has 2 aromatic heterocycles. The average Bonchev–Trinajstić information content (AvgIpc) is 3.31. The minimum atomic E-state index is -3.81. The molecule has 0 aliphatic carbocycles. The Hall–Kier alpha value is -2.02. The maximum Gasteiger partial charge on any atom is 0.379 e. The Kier molecular flexibility index (Phi) is 7.80. The van der Waals surface area contributed by atoms with Crippen molar-refractivity contribution in [2.24, 2.45) is 5.92 Å². The van der Waals surface area contributed by atoms with Crippen molar-refractivity contribution < 1.29 is 28.3 Å². The van der Waals surface area contributed by atoms with Gasteiger partial charge in [-0.25, -0.2) is 4.57 Å². The SMILES string of the molecule is CC(=O)[C@H](C)CP(=O)(OC[C@H]1O[C@@H](n2ccc3c(N)nc(N)nc32)C(Br)(Br)[C@H]1O)Oc1ccccc1. The van der Waals surface area contributed by atoms with E-state index in [2.05, 4.69) is 41.8 Å². The van der Waals surface area contributed by atoms with Crippen molar-refractivity contribution in [2.75, 3.05) is 24.2 Å². The number of ether oxygens (including phenoxy) is 1. The highest BCUT2D eigenvalue weighted by Gasteiger charge is 2.55. The van der Waals surface area contributed by atoms with E-state index in [-0.39, 0.29) is 30.3 Å². The lowest BCUT2D eigenvalue weighted by Gasteiger charge is -2.25. The van der Waals surface area contributed by atoms with Gasteiger partial charge in [0.25, 0.3) is 0 Å². The molecule has 11 nitrogen and oxygen atoms in total. The molecule has 5 atom stereocenters. The van der Waals surface area contributed by atoms with Gasteiger partial charge < -0.3 is 30.4 Å². The first-order valence-electron chi connectivity index (χ1n) is 11.0. The zero-order valence-electron chi connectivity index (χ0n) is 19.5. The lowest BCUT2D eigenvalue weighted by molar-refractivity contribution is -0.119. The third kappa shape index (κ3) is 5.46. The molecule has 1 aliphatic heterocycles. The zero-order valence-corrected chi connectivity index (χ0v) is 23.5. The number of rotatable bonds is 9. The van der Waals surface area contributed by atoms with E-state index in [1.165, 1.54) is 6.92 Å². The largest absolute Gasteiger partial charge is 0.424 e. The summed E-state index contributed by atoms with van der Waals surface area (Å²) in [6, 6.07) is 10.3. The van der Waals surface area contributed by atoms with Crippen LogP contribution in [0.2, 0.25) is 0 Å². The van der Waals surface area contributed by atoms with Crippen LogP contribution in [-0.2, 0) is 18.6 Å². The number of hydrogen-bond donors (Lipinski definition) is 3. The van der Waals surface area contributed by atoms with Gasteiger partial charge in [0.1, 0.15) is 35.2 Å². The minimum absolute atomic E-state index is 0.00767. The van der Waals surface area contributed by atoms with Crippen LogP contribution in [0.25, 0.3) is 11.0 Å². The third-order valence-corrected chi connectivity index (χ3v) is 9.61. The van der Waals surface area contributed by atoms with Crippen LogP contribution in [0.3, 0.4) is 0 Å². The number of aromatic nitrogens is 3. The molecule has 1 unspecified atom stereocenters. The number of hydrogen-bond acceptors (Lipinski definition) is 10. The van der Waals surface area contributed by atoms with Gasteiger partial charge in [-0.1, -0.05) is 57.0 Å². The lowest BCUT2D eigenvalue weighted by atomic mass is 10.1. The van der Waals surface area contributed by atoms with Crippen molar-refractivity contribution in [3.8, 4) is 5.75 Å². The fraction of sp³-hybridized carbons (Fsp3) is 0.409. The van der Waals surface area contributed by atoms with E-state index < -0.39 is 35.2 Å². The summed E-state index contributed by atoms with van der Waals surface area (Å²) in [4.78, 5) is 20.1. The van der Waals surface area contributed by atoms with Gasteiger partial charge in [-0.3, -0.25) is 9.32 Å². The highest BCUT2D eigenvalue weighted by molar-refractivity contribution is 9.25. The van der Waals surface area contributed by atoms with Crippen LogP contribution in [-0.4, -0.2) is 53.6 Å². The second-order valence-electron chi connectivity index (χ2n) is 8.58. The number of nitrogens with two attached hydrogens (primary N) is 2. The number of Topliss-reactive ketones (excluding diaryl/α,β-unsaturated/α-hetero) is 1. The number of alkyl halides is 2. The number of benzene rings is 1. The molecule has 4 rings (SSSR count). The second-order valence-corrected chi connectivity index (χ2v) is 14.3. The molecule has 1 fully saturated rings. The number of nitrogens with zero attached hydrogens (tertiary/aromatic N) is 3. The summed E-state index contributed by atoms with van der Waals surface area (Å²) < 4.78 is 31.8. The number of aliphatic hydroxyl groups excluding tert-OH is 1. The van der Waals surface area contributed by atoms with Crippen molar-refractivity contribution in [1.82, 2.24) is 14.5 Å². The molecule has 3 aromatic rings. The normalized spacial score (nSPS) is 23.9. The second kappa shape index (κ2) is 10.4. The number of carbonyl (C=O) groups excluding carboxylic acids is 1. The quantitative estimate of drug-likeness (QED) is 0.230. The number of nitrogen functional groups attached to an aromatic ring is 2. The first kappa shape index (κ1) is 27.0. The Bertz CT molecular complexity index is 1310. The number of fused-ring (bicyclic) bond motifs is 1. The number of anilines is 2. The van der Waals surface area contributed by atoms with Crippen LogP contribution in [0.1, 0.15) is 20.1 Å². The first-order valence-corrected chi connectivity index (χ1v) is 14.3. The van der Waals surface area contributed by atoms with Crippen LogP contribution in [0.4, 0.5) is 11.8 Å². The molecule has 0 spiro atoms. The Morgan fingerprint density at radius 2 is 1.97 bits per heavy atom. The highest BCUT2D eigenvalue weighted by Crippen LogP contribution is 2.54. The van der Waals surface area contributed by atoms with E-state index in [0.29, 0.717) is 16.8 Å².